The Morgan fingerprint density at radius 1 is 1.00 bits per heavy atom. The van der Waals surface area contributed by atoms with Gasteiger partial charge < -0.3 is 4.57 Å². The van der Waals surface area contributed by atoms with Crippen molar-refractivity contribution in [2.45, 2.75) is 13.8 Å². The Kier molecular flexibility index (Phi) is 2.14. The highest BCUT2D eigenvalue weighted by atomic mass is 15.0. The molecule has 0 N–H and O–H groups in total. The molecule has 0 atom stereocenters. The van der Waals surface area contributed by atoms with Gasteiger partial charge >= 0.3 is 0 Å². The summed E-state index contributed by atoms with van der Waals surface area (Å²) in [7, 11) is 0. The number of benzene rings is 1. The minimum absolute atomic E-state index is 0.916. The number of aromatic nitrogens is 4. The number of fused-ring (bicyclic) bond motifs is 1. The Morgan fingerprint density at radius 3 is 2.47 bits per heavy atom. The highest BCUT2D eigenvalue weighted by molar-refractivity contribution is 5.77. The molecule has 84 valence electrons. The summed E-state index contributed by atoms with van der Waals surface area (Å²) < 4.78 is 1.95. The van der Waals surface area contributed by atoms with Crippen LogP contribution in [0.4, 0.5) is 0 Å². The molecule has 0 aliphatic carbocycles. The van der Waals surface area contributed by atoms with E-state index in [1.54, 1.807) is 12.5 Å². The van der Waals surface area contributed by atoms with Crippen LogP contribution in [-0.2, 0) is 0 Å². The summed E-state index contributed by atoms with van der Waals surface area (Å²) in [5.41, 5.74) is 4.84. The van der Waals surface area contributed by atoms with Crippen LogP contribution in [0.15, 0.2) is 36.9 Å². The molecule has 0 aliphatic rings. The summed E-state index contributed by atoms with van der Waals surface area (Å²) in [4.78, 5) is 13.1. The molecule has 3 rings (SSSR count). The van der Waals surface area contributed by atoms with Crippen molar-refractivity contribution in [2.75, 3.05) is 0 Å². The summed E-state index contributed by atoms with van der Waals surface area (Å²) in [6.07, 6.45) is 5.45. The number of imidazole rings is 1. The van der Waals surface area contributed by atoms with Gasteiger partial charge in [0.25, 0.3) is 0 Å². The number of aryl methyl sites for hydroxylation is 2. The molecule has 0 saturated heterocycles. The summed E-state index contributed by atoms with van der Waals surface area (Å²) in [6, 6.07) is 6.04. The average molecular weight is 224 g/mol. The maximum absolute atomic E-state index is 4.55. The molecule has 3 aromatic rings. The average Bonchev–Trinajstić information content (AvgIpc) is 2.83. The Morgan fingerprint density at radius 2 is 1.76 bits per heavy atom. The van der Waals surface area contributed by atoms with Crippen molar-refractivity contribution < 1.29 is 0 Å². The molecule has 2 heterocycles. The van der Waals surface area contributed by atoms with Gasteiger partial charge in [-0.05, 0) is 32.0 Å². The first-order valence-corrected chi connectivity index (χ1v) is 5.47. The van der Waals surface area contributed by atoms with Crippen molar-refractivity contribution in [3.8, 4) is 5.69 Å². The quantitative estimate of drug-likeness (QED) is 0.637. The van der Waals surface area contributed by atoms with Gasteiger partial charge in [-0.1, -0.05) is 0 Å². The van der Waals surface area contributed by atoms with Crippen molar-refractivity contribution in [1.29, 1.82) is 0 Å². The third kappa shape index (κ3) is 1.67. The first-order chi connectivity index (χ1) is 8.24. The van der Waals surface area contributed by atoms with Crippen LogP contribution in [0.5, 0.6) is 0 Å². The Bertz CT molecular complexity index is 671. The van der Waals surface area contributed by atoms with Crippen LogP contribution in [0.3, 0.4) is 0 Å². The number of hydrogen-bond acceptors (Lipinski definition) is 3. The van der Waals surface area contributed by atoms with Crippen molar-refractivity contribution in [3.63, 3.8) is 0 Å². The fourth-order valence-corrected chi connectivity index (χ4v) is 1.79. The van der Waals surface area contributed by atoms with Gasteiger partial charge in [-0.25, -0.2) is 15.0 Å². The molecule has 2 aromatic heterocycles. The molecule has 0 amide bonds. The van der Waals surface area contributed by atoms with Gasteiger partial charge in [-0.2, -0.15) is 0 Å². The van der Waals surface area contributed by atoms with Gasteiger partial charge in [0.05, 0.1) is 28.7 Å². The van der Waals surface area contributed by atoms with Gasteiger partial charge in [-0.3, -0.25) is 0 Å². The van der Waals surface area contributed by atoms with E-state index in [0.29, 0.717) is 0 Å². The maximum Gasteiger partial charge on any atom is 0.0991 e. The molecule has 4 heteroatoms. The third-order valence-electron chi connectivity index (χ3n) is 2.86. The van der Waals surface area contributed by atoms with Crippen LogP contribution in [0.2, 0.25) is 0 Å². The van der Waals surface area contributed by atoms with Crippen molar-refractivity contribution in [2.24, 2.45) is 0 Å². The lowest BCUT2D eigenvalue weighted by atomic mass is 10.2. The van der Waals surface area contributed by atoms with Crippen molar-refractivity contribution >= 4 is 11.0 Å². The third-order valence-corrected chi connectivity index (χ3v) is 2.86. The van der Waals surface area contributed by atoms with Gasteiger partial charge in [0.15, 0.2) is 0 Å². The second kappa shape index (κ2) is 3.66. The molecule has 17 heavy (non-hydrogen) atoms. The van der Waals surface area contributed by atoms with Gasteiger partial charge in [-0.15, -0.1) is 0 Å². The minimum atomic E-state index is 0.916. The fourth-order valence-electron chi connectivity index (χ4n) is 1.79. The van der Waals surface area contributed by atoms with E-state index in [0.717, 1.165) is 28.1 Å². The highest BCUT2D eigenvalue weighted by Crippen LogP contribution is 2.16. The van der Waals surface area contributed by atoms with E-state index in [-0.39, 0.29) is 0 Å². The maximum atomic E-state index is 4.55. The molecule has 0 saturated carbocycles. The van der Waals surface area contributed by atoms with Crippen molar-refractivity contribution in [3.05, 3.63) is 48.3 Å². The number of nitrogens with zero attached hydrogens (tertiary/aromatic N) is 4. The molecule has 0 fully saturated rings. The zero-order valence-electron chi connectivity index (χ0n) is 9.75. The van der Waals surface area contributed by atoms with Crippen LogP contribution < -0.4 is 0 Å². The Labute approximate surface area is 99.0 Å². The van der Waals surface area contributed by atoms with Crippen LogP contribution in [0, 0.1) is 13.8 Å². The molecular formula is C13H12N4. The first kappa shape index (κ1) is 9.96. The molecule has 1 aromatic carbocycles. The molecule has 0 radical (unpaired) electrons. The van der Waals surface area contributed by atoms with Crippen LogP contribution in [-0.4, -0.2) is 19.5 Å². The Hall–Kier alpha value is -2.23. The van der Waals surface area contributed by atoms with E-state index in [1.165, 1.54) is 0 Å². The highest BCUT2D eigenvalue weighted by Gasteiger charge is 2.03. The van der Waals surface area contributed by atoms with E-state index in [2.05, 4.69) is 15.0 Å². The summed E-state index contributed by atoms with van der Waals surface area (Å²) in [5.74, 6) is 0. The topological polar surface area (TPSA) is 43.6 Å². The van der Waals surface area contributed by atoms with E-state index in [4.69, 9.17) is 0 Å². The van der Waals surface area contributed by atoms with Crippen LogP contribution in [0.1, 0.15) is 11.4 Å². The summed E-state index contributed by atoms with van der Waals surface area (Å²) >= 11 is 0. The van der Waals surface area contributed by atoms with Crippen LogP contribution in [0.25, 0.3) is 16.7 Å². The second-order valence-electron chi connectivity index (χ2n) is 4.04. The lowest BCUT2D eigenvalue weighted by Crippen LogP contribution is -1.95. The molecule has 4 nitrogen and oxygen atoms in total. The van der Waals surface area contributed by atoms with Gasteiger partial charge in [0.1, 0.15) is 0 Å². The fraction of sp³-hybridized carbons (Fsp3) is 0.154. The SMILES string of the molecule is Cc1nc2ccc(-n3ccnc3)cc2nc1C. The first-order valence-electron chi connectivity index (χ1n) is 5.47. The predicted molar refractivity (Wildman–Crippen MR) is 66.1 cm³/mol. The van der Waals surface area contributed by atoms with E-state index in [9.17, 15) is 0 Å². The molecule has 0 aliphatic heterocycles. The second-order valence-corrected chi connectivity index (χ2v) is 4.04. The summed E-state index contributed by atoms with van der Waals surface area (Å²) in [6.45, 7) is 3.96. The van der Waals surface area contributed by atoms with Crippen LogP contribution >= 0.6 is 0 Å². The number of rotatable bonds is 1. The zero-order chi connectivity index (χ0) is 11.8. The monoisotopic (exact) mass is 224 g/mol. The molecule has 0 unspecified atom stereocenters. The minimum Gasteiger partial charge on any atom is -0.306 e. The lowest BCUT2D eigenvalue weighted by molar-refractivity contribution is 1.05. The van der Waals surface area contributed by atoms with E-state index in [1.807, 2.05) is 42.8 Å². The van der Waals surface area contributed by atoms with Gasteiger partial charge in [0.2, 0.25) is 0 Å². The molecule has 0 bridgehead atoms. The zero-order valence-corrected chi connectivity index (χ0v) is 9.75. The molecule has 0 spiro atoms. The normalized spacial score (nSPS) is 10.9. The smallest absolute Gasteiger partial charge is 0.0991 e. The largest absolute Gasteiger partial charge is 0.306 e. The number of hydrogen-bond donors (Lipinski definition) is 0. The van der Waals surface area contributed by atoms with E-state index >= 15 is 0 Å². The molecular weight excluding hydrogens is 212 g/mol. The van der Waals surface area contributed by atoms with Crippen molar-refractivity contribution in [1.82, 2.24) is 19.5 Å². The predicted octanol–water partition coefficient (Wildman–Crippen LogP) is 2.43. The lowest BCUT2D eigenvalue weighted by Gasteiger charge is -2.05. The van der Waals surface area contributed by atoms with Gasteiger partial charge in [0, 0.05) is 18.1 Å². The standard InChI is InChI=1S/C13H12N4/c1-9-10(2)16-13-7-11(3-4-12(13)15-9)17-6-5-14-8-17/h3-8H,1-2H3. The Balaban J connectivity index is 2.22. The van der Waals surface area contributed by atoms with E-state index < -0.39 is 0 Å². The summed E-state index contributed by atoms with van der Waals surface area (Å²) in [5, 5.41) is 0.